The fraction of sp³-hybridized carbons (Fsp3) is 0.136. The predicted octanol–water partition coefficient (Wildman–Crippen LogP) is 3.42. The summed E-state index contributed by atoms with van der Waals surface area (Å²) in [4.78, 5) is 41.1. The van der Waals surface area contributed by atoms with E-state index in [1.807, 2.05) is 29.6 Å². The van der Waals surface area contributed by atoms with Crippen molar-refractivity contribution in [3.05, 3.63) is 75.5 Å². The Labute approximate surface area is 180 Å². The van der Waals surface area contributed by atoms with E-state index in [1.54, 1.807) is 12.1 Å². The lowest BCUT2D eigenvalue weighted by Gasteiger charge is -2.08. The van der Waals surface area contributed by atoms with Crippen LogP contribution in [0.25, 0.3) is 22.0 Å². The van der Waals surface area contributed by atoms with Crippen molar-refractivity contribution in [1.82, 2.24) is 14.8 Å². The summed E-state index contributed by atoms with van der Waals surface area (Å²) in [6.07, 6.45) is 0.949. The minimum absolute atomic E-state index is 0.190. The highest BCUT2D eigenvalue weighted by Crippen LogP contribution is 2.25. The van der Waals surface area contributed by atoms with E-state index >= 15 is 0 Å². The number of rotatable bonds is 6. The number of hydrogen-bond donors (Lipinski definition) is 2. The number of fused-ring (bicyclic) bond motifs is 1. The Bertz CT molecular complexity index is 1340. The summed E-state index contributed by atoms with van der Waals surface area (Å²) in [6, 6.07) is 14.3. The number of nitrogens with zero attached hydrogens (tertiary/aromatic N) is 3. The third-order valence-corrected chi connectivity index (χ3v) is 5.53. The molecule has 0 saturated heterocycles. The minimum Gasteiger partial charge on any atom is -0.476 e. The molecule has 4 aromatic rings. The van der Waals surface area contributed by atoms with E-state index in [2.05, 4.69) is 22.3 Å². The zero-order valence-electron chi connectivity index (χ0n) is 16.5. The number of carboxylic acid groups (broad SMARTS) is 1. The molecule has 2 aromatic carbocycles. The fourth-order valence-electron chi connectivity index (χ4n) is 3.17. The average Bonchev–Trinajstić information content (AvgIpc) is 3.24. The molecule has 31 heavy (non-hydrogen) atoms. The van der Waals surface area contributed by atoms with Gasteiger partial charge in [0.05, 0.1) is 11.1 Å². The van der Waals surface area contributed by atoms with Gasteiger partial charge < -0.3 is 10.4 Å². The van der Waals surface area contributed by atoms with E-state index in [4.69, 9.17) is 0 Å². The van der Waals surface area contributed by atoms with Crippen LogP contribution in [0, 0.1) is 0 Å². The average molecular weight is 434 g/mol. The number of nitrogens with one attached hydrogen (secondary N) is 1. The Morgan fingerprint density at radius 2 is 1.81 bits per heavy atom. The highest BCUT2D eigenvalue weighted by Gasteiger charge is 2.17. The minimum atomic E-state index is -1.27. The highest BCUT2D eigenvalue weighted by molar-refractivity contribution is 7.14. The number of amides is 1. The fourth-order valence-corrected chi connectivity index (χ4v) is 3.91. The molecule has 0 unspecified atom stereocenters. The van der Waals surface area contributed by atoms with E-state index in [0.29, 0.717) is 5.13 Å². The first-order chi connectivity index (χ1) is 15.0. The zero-order valence-corrected chi connectivity index (χ0v) is 17.3. The van der Waals surface area contributed by atoms with Crippen LogP contribution in [0.3, 0.4) is 0 Å². The Morgan fingerprint density at radius 3 is 2.48 bits per heavy atom. The van der Waals surface area contributed by atoms with Crippen molar-refractivity contribution >= 4 is 39.1 Å². The van der Waals surface area contributed by atoms with Gasteiger partial charge in [0.25, 0.3) is 5.56 Å². The van der Waals surface area contributed by atoms with Gasteiger partial charge in [-0.2, -0.15) is 5.10 Å². The molecule has 2 heterocycles. The molecule has 8 nitrogen and oxygen atoms in total. The van der Waals surface area contributed by atoms with Crippen LogP contribution in [-0.2, 0) is 17.8 Å². The van der Waals surface area contributed by atoms with Gasteiger partial charge >= 0.3 is 5.97 Å². The van der Waals surface area contributed by atoms with Crippen molar-refractivity contribution in [3.63, 3.8) is 0 Å². The van der Waals surface area contributed by atoms with Gasteiger partial charge in [-0.3, -0.25) is 9.59 Å². The molecule has 0 spiro atoms. The quantitative estimate of drug-likeness (QED) is 0.481. The van der Waals surface area contributed by atoms with Crippen LogP contribution >= 0.6 is 11.3 Å². The van der Waals surface area contributed by atoms with Gasteiger partial charge in [-0.25, -0.2) is 14.5 Å². The highest BCUT2D eigenvalue weighted by atomic mass is 32.1. The van der Waals surface area contributed by atoms with Gasteiger partial charge in [0.2, 0.25) is 5.91 Å². The molecule has 0 aliphatic rings. The summed E-state index contributed by atoms with van der Waals surface area (Å²) in [5.41, 5.74) is 2.08. The maximum absolute atomic E-state index is 12.6. The molecule has 156 valence electrons. The summed E-state index contributed by atoms with van der Waals surface area (Å²) < 4.78 is 0.860. The molecule has 0 fully saturated rings. The summed E-state index contributed by atoms with van der Waals surface area (Å²) in [5, 5.41) is 18.6. The molecule has 9 heteroatoms. The van der Waals surface area contributed by atoms with Crippen LogP contribution in [0.5, 0.6) is 0 Å². The van der Waals surface area contributed by atoms with Crippen LogP contribution in [0.2, 0.25) is 0 Å². The number of aryl methyl sites for hydroxylation is 1. The van der Waals surface area contributed by atoms with Crippen molar-refractivity contribution in [2.45, 2.75) is 19.9 Å². The first-order valence-corrected chi connectivity index (χ1v) is 10.4. The van der Waals surface area contributed by atoms with Gasteiger partial charge in [-0.05, 0) is 18.1 Å². The SMILES string of the molecule is CCc1ccc(-c2csc(NC(=O)Cn3nc(C(=O)O)c4ccccc4c3=O)n2)cc1. The summed E-state index contributed by atoms with van der Waals surface area (Å²) in [6.45, 7) is 1.66. The van der Waals surface area contributed by atoms with Crippen LogP contribution in [0.4, 0.5) is 5.13 Å². The normalized spacial score (nSPS) is 10.9. The van der Waals surface area contributed by atoms with Gasteiger partial charge in [0.1, 0.15) is 6.54 Å². The van der Waals surface area contributed by atoms with Crippen molar-refractivity contribution in [3.8, 4) is 11.3 Å². The van der Waals surface area contributed by atoms with Crippen LogP contribution in [-0.4, -0.2) is 31.7 Å². The molecule has 0 saturated carbocycles. The topological polar surface area (TPSA) is 114 Å². The second kappa shape index (κ2) is 8.49. The number of aromatic nitrogens is 3. The molecular formula is C22H18N4O4S. The lowest BCUT2D eigenvalue weighted by molar-refractivity contribution is -0.117. The lowest BCUT2D eigenvalue weighted by atomic mass is 10.1. The first kappa shape index (κ1) is 20.4. The molecule has 2 N–H and O–H groups in total. The summed E-state index contributed by atoms with van der Waals surface area (Å²) in [5.74, 6) is -1.80. The number of carbonyl (C=O) groups is 2. The molecule has 0 radical (unpaired) electrons. The summed E-state index contributed by atoms with van der Waals surface area (Å²) in [7, 11) is 0. The van der Waals surface area contributed by atoms with Crippen LogP contribution in [0.15, 0.2) is 58.7 Å². The Morgan fingerprint density at radius 1 is 1.10 bits per heavy atom. The van der Waals surface area contributed by atoms with Gasteiger partial charge in [0, 0.05) is 16.3 Å². The van der Waals surface area contributed by atoms with E-state index in [0.717, 1.165) is 22.4 Å². The number of carbonyl (C=O) groups excluding carboxylic acids is 1. The van der Waals surface area contributed by atoms with Crippen molar-refractivity contribution in [2.24, 2.45) is 0 Å². The van der Waals surface area contributed by atoms with Gasteiger partial charge in [-0.1, -0.05) is 49.4 Å². The second-order valence-corrected chi connectivity index (χ2v) is 7.66. The van der Waals surface area contributed by atoms with Crippen molar-refractivity contribution in [2.75, 3.05) is 5.32 Å². The van der Waals surface area contributed by atoms with E-state index < -0.39 is 24.0 Å². The molecule has 0 atom stereocenters. The maximum Gasteiger partial charge on any atom is 0.357 e. The Hall–Kier alpha value is -3.85. The molecule has 0 aliphatic heterocycles. The number of thiazole rings is 1. The number of benzene rings is 2. The number of hydrogen-bond acceptors (Lipinski definition) is 6. The lowest BCUT2D eigenvalue weighted by Crippen LogP contribution is -2.31. The molecule has 0 aliphatic carbocycles. The largest absolute Gasteiger partial charge is 0.476 e. The Balaban J connectivity index is 1.55. The standard InChI is InChI=1S/C22H18N4O4S/c1-2-13-7-9-14(10-8-13)17-12-31-22(23-17)24-18(27)11-26-20(28)16-6-4-3-5-15(16)19(25-26)21(29)30/h3-10,12H,2,11H2,1H3,(H,29,30)(H,23,24,27). The van der Waals surface area contributed by atoms with Crippen LogP contribution in [0.1, 0.15) is 23.0 Å². The Kier molecular flexibility index (Phi) is 5.59. The summed E-state index contributed by atoms with van der Waals surface area (Å²) >= 11 is 1.26. The third-order valence-electron chi connectivity index (χ3n) is 4.77. The zero-order chi connectivity index (χ0) is 22.0. The maximum atomic E-state index is 12.6. The molecule has 1 amide bonds. The smallest absolute Gasteiger partial charge is 0.357 e. The van der Waals surface area contributed by atoms with E-state index in [-0.39, 0.29) is 16.5 Å². The van der Waals surface area contributed by atoms with Gasteiger partial charge in [0.15, 0.2) is 10.8 Å². The monoisotopic (exact) mass is 434 g/mol. The van der Waals surface area contributed by atoms with Gasteiger partial charge in [-0.15, -0.1) is 11.3 Å². The van der Waals surface area contributed by atoms with Crippen molar-refractivity contribution in [1.29, 1.82) is 0 Å². The van der Waals surface area contributed by atoms with Crippen LogP contribution < -0.4 is 10.9 Å². The predicted molar refractivity (Wildman–Crippen MR) is 119 cm³/mol. The van der Waals surface area contributed by atoms with E-state index in [1.165, 1.54) is 29.0 Å². The molecule has 2 aromatic heterocycles. The van der Waals surface area contributed by atoms with E-state index in [9.17, 15) is 19.5 Å². The molecule has 0 bridgehead atoms. The number of anilines is 1. The molecule has 4 rings (SSSR count). The first-order valence-electron chi connectivity index (χ1n) is 9.54. The third kappa shape index (κ3) is 4.22. The number of aromatic carboxylic acids is 1. The number of carboxylic acids is 1. The molecular weight excluding hydrogens is 416 g/mol. The second-order valence-electron chi connectivity index (χ2n) is 6.80. The van der Waals surface area contributed by atoms with Crippen molar-refractivity contribution < 1.29 is 14.7 Å².